The number of benzene rings is 1. The Balaban J connectivity index is 2.13. The molecule has 0 aliphatic rings. The van der Waals surface area contributed by atoms with Crippen molar-refractivity contribution in [3.05, 3.63) is 23.8 Å². The highest BCUT2D eigenvalue weighted by molar-refractivity contribution is 5.92. The number of carbonyl (C=O) groups excluding carboxylic acids is 1. The van der Waals surface area contributed by atoms with Crippen molar-refractivity contribution in [1.29, 1.82) is 0 Å². The van der Waals surface area contributed by atoms with Crippen molar-refractivity contribution in [2.45, 2.75) is 58.3 Å². The summed E-state index contributed by atoms with van der Waals surface area (Å²) in [5.74, 6) is 0.0639. The van der Waals surface area contributed by atoms with Crippen LogP contribution in [0.3, 0.4) is 0 Å². The van der Waals surface area contributed by atoms with E-state index in [1.807, 2.05) is 13.0 Å². The lowest BCUT2D eigenvalue weighted by Crippen LogP contribution is -2.11. The second-order valence-electron chi connectivity index (χ2n) is 5.52. The second kappa shape index (κ2) is 10.2. The van der Waals surface area contributed by atoms with E-state index in [4.69, 9.17) is 5.11 Å². The van der Waals surface area contributed by atoms with Crippen molar-refractivity contribution in [3.63, 3.8) is 0 Å². The van der Waals surface area contributed by atoms with Crippen molar-refractivity contribution in [3.8, 4) is 5.75 Å². The van der Waals surface area contributed by atoms with Gasteiger partial charge in [-0.1, -0.05) is 38.2 Å². The van der Waals surface area contributed by atoms with Crippen molar-refractivity contribution >= 4 is 11.6 Å². The molecule has 0 spiro atoms. The molecular weight excluding hydrogens is 266 g/mol. The lowest BCUT2D eigenvalue weighted by atomic mass is 10.1. The van der Waals surface area contributed by atoms with Gasteiger partial charge in [-0.25, -0.2) is 0 Å². The summed E-state index contributed by atoms with van der Waals surface area (Å²) in [6.45, 7) is 2.21. The summed E-state index contributed by atoms with van der Waals surface area (Å²) in [7, 11) is 0. The molecule has 4 nitrogen and oxygen atoms in total. The average molecular weight is 293 g/mol. The number of aryl methyl sites for hydroxylation is 1. The van der Waals surface area contributed by atoms with Gasteiger partial charge >= 0.3 is 0 Å². The summed E-state index contributed by atoms with van der Waals surface area (Å²) in [6.07, 6.45) is 7.85. The van der Waals surface area contributed by atoms with Gasteiger partial charge in [0.1, 0.15) is 5.75 Å². The van der Waals surface area contributed by atoms with Crippen LogP contribution in [0.25, 0.3) is 0 Å². The molecule has 0 saturated heterocycles. The highest BCUT2D eigenvalue weighted by atomic mass is 16.3. The Hall–Kier alpha value is -1.55. The molecule has 1 aromatic rings. The first-order chi connectivity index (χ1) is 10.1. The van der Waals surface area contributed by atoms with E-state index in [1.165, 1.54) is 6.42 Å². The van der Waals surface area contributed by atoms with Crippen LogP contribution in [0.4, 0.5) is 5.69 Å². The van der Waals surface area contributed by atoms with Crippen LogP contribution in [0, 0.1) is 6.92 Å². The number of carbonyl (C=O) groups is 1. The largest absolute Gasteiger partial charge is 0.506 e. The van der Waals surface area contributed by atoms with Crippen LogP contribution >= 0.6 is 0 Å². The Morgan fingerprint density at radius 2 is 1.67 bits per heavy atom. The van der Waals surface area contributed by atoms with Crippen LogP contribution in [0.1, 0.15) is 56.9 Å². The van der Waals surface area contributed by atoms with Gasteiger partial charge in [0.05, 0.1) is 5.69 Å². The van der Waals surface area contributed by atoms with E-state index in [0.29, 0.717) is 12.1 Å². The third-order valence-electron chi connectivity index (χ3n) is 3.49. The zero-order valence-corrected chi connectivity index (χ0v) is 12.9. The maximum absolute atomic E-state index is 11.8. The summed E-state index contributed by atoms with van der Waals surface area (Å²) >= 11 is 0. The number of aliphatic hydroxyl groups is 1. The lowest BCUT2D eigenvalue weighted by Gasteiger charge is -2.08. The summed E-state index contributed by atoms with van der Waals surface area (Å²) in [4.78, 5) is 11.8. The van der Waals surface area contributed by atoms with E-state index in [0.717, 1.165) is 44.1 Å². The number of phenolic OH excluding ortho intramolecular Hbond substituents is 1. The van der Waals surface area contributed by atoms with Gasteiger partial charge in [0, 0.05) is 13.0 Å². The second-order valence-corrected chi connectivity index (χ2v) is 5.52. The first kappa shape index (κ1) is 17.5. The lowest BCUT2D eigenvalue weighted by molar-refractivity contribution is -0.116. The number of aromatic hydroxyl groups is 1. The molecule has 1 amide bonds. The monoisotopic (exact) mass is 293 g/mol. The molecule has 0 aliphatic heterocycles. The number of nitrogens with one attached hydrogen (secondary N) is 1. The zero-order valence-electron chi connectivity index (χ0n) is 12.9. The minimum Gasteiger partial charge on any atom is -0.506 e. The van der Waals surface area contributed by atoms with E-state index in [1.54, 1.807) is 12.1 Å². The summed E-state index contributed by atoms with van der Waals surface area (Å²) in [5.41, 5.74) is 1.50. The van der Waals surface area contributed by atoms with Gasteiger partial charge in [0.15, 0.2) is 0 Å². The van der Waals surface area contributed by atoms with Crippen LogP contribution < -0.4 is 5.32 Å². The summed E-state index contributed by atoms with van der Waals surface area (Å²) < 4.78 is 0. The molecule has 1 rings (SSSR count). The first-order valence-electron chi connectivity index (χ1n) is 7.84. The van der Waals surface area contributed by atoms with Gasteiger partial charge in [-0.15, -0.1) is 0 Å². The Kier molecular flexibility index (Phi) is 8.51. The van der Waals surface area contributed by atoms with E-state index in [2.05, 4.69) is 5.32 Å². The Bertz CT molecular complexity index is 432. The van der Waals surface area contributed by atoms with Crippen molar-refractivity contribution in [1.82, 2.24) is 0 Å². The number of hydrogen-bond acceptors (Lipinski definition) is 3. The van der Waals surface area contributed by atoms with Crippen LogP contribution in [-0.2, 0) is 4.79 Å². The predicted octanol–water partition coefficient (Wildman–Crippen LogP) is 3.75. The van der Waals surface area contributed by atoms with E-state index in [-0.39, 0.29) is 18.3 Å². The van der Waals surface area contributed by atoms with Crippen molar-refractivity contribution in [2.75, 3.05) is 11.9 Å². The molecule has 4 heteroatoms. The van der Waals surface area contributed by atoms with Crippen molar-refractivity contribution in [2.24, 2.45) is 0 Å². The topological polar surface area (TPSA) is 69.6 Å². The average Bonchev–Trinajstić information content (AvgIpc) is 2.46. The highest BCUT2D eigenvalue weighted by Gasteiger charge is 2.06. The Morgan fingerprint density at radius 1 is 1.05 bits per heavy atom. The molecule has 0 aliphatic carbocycles. The zero-order chi connectivity index (χ0) is 15.5. The number of hydrogen-bond donors (Lipinski definition) is 3. The number of phenols is 1. The molecule has 0 saturated carbocycles. The molecule has 0 unspecified atom stereocenters. The number of aliphatic hydroxyl groups excluding tert-OH is 1. The third kappa shape index (κ3) is 7.71. The maximum Gasteiger partial charge on any atom is 0.224 e. The van der Waals surface area contributed by atoms with E-state index >= 15 is 0 Å². The van der Waals surface area contributed by atoms with E-state index < -0.39 is 0 Å². The normalized spacial score (nSPS) is 10.6. The van der Waals surface area contributed by atoms with Crippen LogP contribution in [-0.4, -0.2) is 22.7 Å². The Labute approximate surface area is 127 Å². The van der Waals surface area contributed by atoms with Gasteiger partial charge in [0.25, 0.3) is 0 Å². The maximum atomic E-state index is 11.8. The minimum absolute atomic E-state index is 0.0452. The number of rotatable bonds is 10. The fourth-order valence-corrected chi connectivity index (χ4v) is 2.24. The minimum atomic E-state index is -0.0452. The number of unbranched alkanes of at least 4 members (excludes halogenated alkanes) is 6. The first-order valence-corrected chi connectivity index (χ1v) is 7.84. The van der Waals surface area contributed by atoms with E-state index in [9.17, 15) is 9.90 Å². The SMILES string of the molecule is Cc1ccc(O)c(NC(=O)CCCCCCCCCO)c1. The molecule has 0 fully saturated rings. The molecule has 118 valence electrons. The molecule has 0 heterocycles. The molecule has 3 N–H and O–H groups in total. The molecule has 0 aromatic heterocycles. The smallest absolute Gasteiger partial charge is 0.224 e. The van der Waals surface area contributed by atoms with Crippen LogP contribution in [0.2, 0.25) is 0 Å². The molecule has 0 radical (unpaired) electrons. The summed E-state index contributed by atoms with van der Waals surface area (Å²) in [6, 6.07) is 5.17. The standard InChI is InChI=1S/C17H27NO3/c1-14-10-11-16(20)15(13-14)18-17(21)9-7-5-3-2-4-6-8-12-19/h10-11,13,19-20H,2-9,12H2,1H3,(H,18,21). The molecule has 0 atom stereocenters. The van der Waals surface area contributed by atoms with Gasteiger partial charge in [-0.05, 0) is 37.5 Å². The van der Waals surface area contributed by atoms with Gasteiger partial charge < -0.3 is 15.5 Å². The molecule has 21 heavy (non-hydrogen) atoms. The van der Waals surface area contributed by atoms with Crippen LogP contribution in [0.5, 0.6) is 5.75 Å². The predicted molar refractivity (Wildman–Crippen MR) is 85.5 cm³/mol. The van der Waals surface area contributed by atoms with Crippen molar-refractivity contribution < 1.29 is 15.0 Å². The molecule has 0 bridgehead atoms. The van der Waals surface area contributed by atoms with Gasteiger partial charge in [-0.2, -0.15) is 0 Å². The fraction of sp³-hybridized carbons (Fsp3) is 0.588. The quantitative estimate of drug-likeness (QED) is 0.454. The summed E-state index contributed by atoms with van der Waals surface area (Å²) in [5, 5.41) is 21.1. The number of amides is 1. The fourth-order valence-electron chi connectivity index (χ4n) is 2.24. The van der Waals surface area contributed by atoms with Gasteiger partial charge in [-0.3, -0.25) is 4.79 Å². The van der Waals surface area contributed by atoms with Crippen LogP contribution in [0.15, 0.2) is 18.2 Å². The molecule has 1 aromatic carbocycles. The number of anilines is 1. The highest BCUT2D eigenvalue weighted by Crippen LogP contribution is 2.24. The third-order valence-corrected chi connectivity index (χ3v) is 3.49. The Morgan fingerprint density at radius 3 is 2.33 bits per heavy atom. The molecular formula is C17H27NO3. The van der Waals surface area contributed by atoms with Gasteiger partial charge in [0.2, 0.25) is 5.91 Å².